The number of likely N-dealkylation sites (N-methyl/N-ethyl adjacent to an activating group) is 1. The van der Waals surface area contributed by atoms with Crippen molar-refractivity contribution in [3.63, 3.8) is 0 Å². The van der Waals surface area contributed by atoms with Gasteiger partial charge in [-0.05, 0) is 43.9 Å². The van der Waals surface area contributed by atoms with Gasteiger partial charge in [0.1, 0.15) is 0 Å². The third-order valence-corrected chi connectivity index (χ3v) is 4.50. The number of hydrogen-bond donors (Lipinski definition) is 1. The van der Waals surface area contributed by atoms with E-state index >= 15 is 0 Å². The van der Waals surface area contributed by atoms with Crippen molar-refractivity contribution < 1.29 is 24.0 Å². The van der Waals surface area contributed by atoms with Gasteiger partial charge in [-0.15, -0.1) is 0 Å². The number of nitro groups is 1. The number of non-ortho nitro benzene ring substituents is 1. The molecule has 0 saturated carbocycles. The quantitative estimate of drug-likeness (QED) is 0.441. The highest BCUT2D eigenvalue weighted by atomic mass is 16.6. The lowest BCUT2D eigenvalue weighted by atomic mass is 9.95. The lowest BCUT2D eigenvalue weighted by Gasteiger charge is -2.27. The monoisotopic (exact) mass is 385 g/mol. The number of furan rings is 1. The maximum absolute atomic E-state index is 12.9. The standard InChI is InChI=1S/C19H19N3O6/c1-20(2)9-10-21-16(12-5-7-13(8-6-12)22(26)27)15(18(24)19(21)25)17(23)14-4-3-11-28-14/h3-8,11,16,24H,9-10H2,1-2H3/t16-/m0/s1. The maximum Gasteiger partial charge on any atom is 0.290 e. The number of carbonyl (C=O) groups is 2. The molecule has 0 aliphatic carbocycles. The molecule has 2 heterocycles. The number of nitrogens with zero attached hydrogens (tertiary/aromatic N) is 3. The number of Topliss-reactive ketones (excluding diaryl/α,β-unsaturated/α-hetero) is 1. The molecular weight excluding hydrogens is 366 g/mol. The summed E-state index contributed by atoms with van der Waals surface area (Å²) in [6.07, 6.45) is 1.33. The molecule has 2 aromatic rings. The van der Waals surface area contributed by atoms with Gasteiger partial charge < -0.3 is 19.3 Å². The Hall–Kier alpha value is -3.46. The summed E-state index contributed by atoms with van der Waals surface area (Å²) in [7, 11) is 3.67. The minimum atomic E-state index is -0.870. The van der Waals surface area contributed by atoms with Crippen LogP contribution >= 0.6 is 0 Å². The molecule has 0 spiro atoms. The van der Waals surface area contributed by atoms with Crippen molar-refractivity contribution in [3.8, 4) is 0 Å². The highest BCUT2D eigenvalue weighted by Gasteiger charge is 2.44. The summed E-state index contributed by atoms with van der Waals surface area (Å²) in [6.45, 7) is 0.761. The zero-order valence-electron chi connectivity index (χ0n) is 15.4. The minimum absolute atomic E-state index is 0.00396. The Bertz CT molecular complexity index is 931. The Kier molecular flexibility index (Phi) is 5.27. The van der Waals surface area contributed by atoms with Gasteiger partial charge in [0.2, 0.25) is 5.78 Å². The molecule has 0 fully saturated rings. The summed E-state index contributed by atoms with van der Waals surface area (Å²) in [5.74, 6) is -1.91. The number of hydrogen-bond acceptors (Lipinski definition) is 7. The Labute approximate surface area is 160 Å². The van der Waals surface area contributed by atoms with Crippen molar-refractivity contribution in [2.75, 3.05) is 27.2 Å². The lowest BCUT2D eigenvalue weighted by Crippen LogP contribution is -2.36. The van der Waals surface area contributed by atoms with E-state index in [1.165, 1.54) is 47.6 Å². The summed E-state index contributed by atoms with van der Waals surface area (Å²) < 4.78 is 5.14. The number of benzene rings is 1. The molecule has 28 heavy (non-hydrogen) atoms. The van der Waals surface area contributed by atoms with Gasteiger partial charge in [0.25, 0.3) is 11.6 Å². The van der Waals surface area contributed by atoms with Crippen molar-refractivity contribution in [1.29, 1.82) is 0 Å². The fourth-order valence-electron chi connectivity index (χ4n) is 3.09. The van der Waals surface area contributed by atoms with E-state index in [1.54, 1.807) is 0 Å². The van der Waals surface area contributed by atoms with Crippen LogP contribution in [-0.4, -0.2) is 58.7 Å². The molecule has 1 atom stereocenters. The molecule has 0 unspecified atom stereocenters. The highest BCUT2D eigenvalue weighted by molar-refractivity contribution is 6.15. The molecule has 0 saturated heterocycles. The van der Waals surface area contributed by atoms with Gasteiger partial charge in [0.15, 0.2) is 11.5 Å². The van der Waals surface area contributed by atoms with Crippen molar-refractivity contribution in [2.24, 2.45) is 0 Å². The predicted octanol–water partition coefficient (Wildman–Crippen LogP) is 2.33. The largest absolute Gasteiger partial charge is 0.503 e. The van der Waals surface area contributed by atoms with Gasteiger partial charge in [-0.25, -0.2) is 0 Å². The molecule has 0 bridgehead atoms. The summed E-state index contributed by atoms with van der Waals surface area (Å²) in [5.41, 5.74) is 0.268. The number of aliphatic hydroxyl groups excluding tert-OH is 1. The molecule has 9 nitrogen and oxygen atoms in total. The Morgan fingerprint density at radius 2 is 1.96 bits per heavy atom. The van der Waals surface area contributed by atoms with Crippen molar-refractivity contribution >= 4 is 17.4 Å². The van der Waals surface area contributed by atoms with E-state index in [4.69, 9.17) is 4.42 Å². The molecule has 1 aromatic carbocycles. The first kappa shape index (κ1) is 19.3. The topological polar surface area (TPSA) is 117 Å². The molecule has 1 N–H and O–H groups in total. The van der Waals surface area contributed by atoms with Gasteiger partial charge in [-0.3, -0.25) is 19.7 Å². The van der Waals surface area contributed by atoms with Gasteiger partial charge in [-0.2, -0.15) is 0 Å². The number of rotatable bonds is 7. The third kappa shape index (κ3) is 3.52. The average Bonchev–Trinajstić information content (AvgIpc) is 3.28. The van der Waals surface area contributed by atoms with E-state index in [1.807, 2.05) is 19.0 Å². The molecule has 9 heteroatoms. The van der Waals surface area contributed by atoms with Crippen LogP contribution in [0.5, 0.6) is 0 Å². The zero-order chi connectivity index (χ0) is 20.4. The first-order valence-electron chi connectivity index (χ1n) is 8.52. The molecular formula is C19H19N3O6. The molecule has 1 amide bonds. The van der Waals surface area contributed by atoms with Gasteiger partial charge in [0, 0.05) is 25.2 Å². The van der Waals surface area contributed by atoms with Crippen LogP contribution < -0.4 is 0 Å². The van der Waals surface area contributed by atoms with E-state index in [0.29, 0.717) is 12.1 Å². The number of ketones is 1. The van der Waals surface area contributed by atoms with Gasteiger partial charge >= 0.3 is 0 Å². The van der Waals surface area contributed by atoms with Crippen LogP contribution in [0.2, 0.25) is 0 Å². The van der Waals surface area contributed by atoms with E-state index in [2.05, 4.69) is 0 Å². The number of aliphatic hydroxyl groups is 1. The van der Waals surface area contributed by atoms with Crippen LogP contribution in [0.1, 0.15) is 22.2 Å². The van der Waals surface area contributed by atoms with Crippen LogP contribution in [0.4, 0.5) is 5.69 Å². The first-order valence-corrected chi connectivity index (χ1v) is 8.52. The highest BCUT2D eigenvalue weighted by Crippen LogP contribution is 2.39. The first-order chi connectivity index (χ1) is 13.3. The summed E-state index contributed by atoms with van der Waals surface area (Å²) >= 11 is 0. The third-order valence-electron chi connectivity index (χ3n) is 4.50. The van der Waals surface area contributed by atoms with E-state index in [-0.39, 0.29) is 23.6 Å². The second-order valence-electron chi connectivity index (χ2n) is 6.62. The molecule has 1 aliphatic heterocycles. The van der Waals surface area contributed by atoms with Crippen LogP contribution in [0.15, 0.2) is 58.4 Å². The Morgan fingerprint density at radius 1 is 1.29 bits per heavy atom. The van der Waals surface area contributed by atoms with Crippen LogP contribution in [0, 0.1) is 10.1 Å². The summed E-state index contributed by atoms with van der Waals surface area (Å²) in [4.78, 5) is 39.2. The summed E-state index contributed by atoms with van der Waals surface area (Å²) in [5, 5.41) is 21.4. The second kappa shape index (κ2) is 7.65. The van der Waals surface area contributed by atoms with Crippen molar-refractivity contribution in [2.45, 2.75) is 6.04 Å². The average molecular weight is 385 g/mol. The zero-order valence-corrected chi connectivity index (χ0v) is 15.4. The number of carbonyl (C=O) groups excluding carboxylic acids is 2. The minimum Gasteiger partial charge on any atom is -0.503 e. The van der Waals surface area contributed by atoms with Crippen LogP contribution in [-0.2, 0) is 4.79 Å². The van der Waals surface area contributed by atoms with E-state index in [0.717, 1.165) is 0 Å². The molecule has 3 rings (SSSR count). The molecule has 1 aromatic heterocycles. The van der Waals surface area contributed by atoms with Gasteiger partial charge in [0.05, 0.1) is 22.8 Å². The number of amides is 1. The van der Waals surface area contributed by atoms with E-state index in [9.17, 15) is 24.8 Å². The summed E-state index contributed by atoms with van der Waals surface area (Å²) in [6, 6.07) is 7.67. The lowest BCUT2D eigenvalue weighted by molar-refractivity contribution is -0.384. The van der Waals surface area contributed by atoms with E-state index < -0.39 is 28.4 Å². The molecule has 0 radical (unpaired) electrons. The van der Waals surface area contributed by atoms with Crippen molar-refractivity contribution in [1.82, 2.24) is 9.80 Å². The second-order valence-corrected chi connectivity index (χ2v) is 6.62. The Morgan fingerprint density at radius 3 is 2.50 bits per heavy atom. The Balaban J connectivity index is 2.05. The fourth-order valence-corrected chi connectivity index (χ4v) is 3.09. The van der Waals surface area contributed by atoms with Crippen LogP contribution in [0.3, 0.4) is 0 Å². The normalized spacial score (nSPS) is 16.9. The predicted molar refractivity (Wildman–Crippen MR) is 98.8 cm³/mol. The molecule has 1 aliphatic rings. The maximum atomic E-state index is 12.9. The SMILES string of the molecule is CN(C)CCN1C(=O)C(O)=C(C(=O)c2ccco2)[C@@H]1c1ccc([N+](=O)[O-])cc1. The van der Waals surface area contributed by atoms with Gasteiger partial charge in [-0.1, -0.05) is 0 Å². The fraction of sp³-hybridized carbons (Fsp3) is 0.263. The molecule has 146 valence electrons. The van der Waals surface area contributed by atoms with Crippen LogP contribution in [0.25, 0.3) is 0 Å². The smallest absolute Gasteiger partial charge is 0.290 e. The number of nitro benzene ring substituents is 1. The van der Waals surface area contributed by atoms with Crippen molar-refractivity contribution in [3.05, 3.63) is 75.4 Å².